The summed E-state index contributed by atoms with van der Waals surface area (Å²) in [5, 5.41) is 17.8. The van der Waals surface area contributed by atoms with Crippen LogP contribution in [0, 0.1) is 16.7 Å². The van der Waals surface area contributed by atoms with E-state index in [4.69, 9.17) is 21.1 Å². The normalized spacial score (nSPS) is 25.2. The Bertz CT molecular complexity index is 1150. The summed E-state index contributed by atoms with van der Waals surface area (Å²) in [4.78, 5) is 7.26. The fraction of sp³-hybridized carbons (Fsp3) is 0.613. The number of aromatic nitrogens is 1. The van der Waals surface area contributed by atoms with Gasteiger partial charge in [0.05, 0.1) is 22.6 Å². The molecule has 8 heteroatoms. The lowest BCUT2D eigenvalue weighted by atomic mass is 9.81. The van der Waals surface area contributed by atoms with Gasteiger partial charge in [-0.15, -0.1) is 0 Å². The van der Waals surface area contributed by atoms with Crippen LogP contribution >= 0.6 is 11.6 Å². The number of ether oxygens (including phenoxy) is 2. The molecule has 1 atom stereocenters. The summed E-state index contributed by atoms with van der Waals surface area (Å²) in [5.74, 6) is 0.879. The van der Waals surface area contributed by atoms with E-state index in [9.17, 15) is 5.26 Å². The second-order valence-corrected chi connectivity index (χ2v) is 11.8. The van der Waals surface area contributed by atoms with Crippen LogP contribution in [0.2, 0.25) is 5.02 Å². The van der Waals surface area contributed by atoms with Crippen molar-refractivity contribution in [2.45, 2.75) is 76.5 Å². The minimum Gasteiger partial charge on any atom is -0.383 e. The summed E-state index contributed by atoms with van der Waals surface area (Å²) in [6, 6.07) is 12.1. The van der Waals surface area contributed by atoms with Crippen LogP contribution in [0.4, 0.5) is 11.5 Å². The van der Waals surface area contributed by atoms with Gasteiger partial charge in [0, 0.05) is 69.5 Å². The number of benzene rings is 1. The van der Waals surface area contributed by atoms with E-state index < -0.39 is 0 Å². The average Bonchev–Trinajstić information content (AvgIpc) is 3.47. The second-order valence-electron chi connectivity index (χ2n) is 11.4. The molecule has 1 aliphatic carbocycles. The monoisotopic (exact) mass is 551 g/mol. The van der Waals surface area contributed by atoms with Crippen LogP contribution in [-0.2, 0) is 15.9 Å². The van der Waals surface area contributed by atoms with Gasteiger partial charge in [0.1, 0.15) is 5.82 Å². The Labute approximate surface area is 238 Å². The third kappa shape index (κ3) is 6.52. The SMILES string of the molecule is CCc1c(NCC2(C#N)CCOCC2)cccc1-c1cc(NC2CCC(N3CCC(OC)C3)CC2)ncc1Cl. The quantitative estimate of drug-likeness (QED) is 0.387. The van der Waals surface area contributed by atoms with Crippen LogP contribution < -0.4 is 10.6 Å². The molecule has 39 heavy (non-hydrogen) atoms. The highest BCUT2D eigenvalue weighted by atomic mass is 35.5. The lowest BCUT2D eigenvalue weighted by molar-refractivity contribution is 0.0456. The fourth-order valence-corrected chi connectivity index (χ4v) is 6.74. The lowest BCUT2D eigenvalue weighted by Gasteiger charge is -2.35. The van der Waals surface area contributed by atoms with Crippen molar-refractivity contribution in [3.63, 3.8) is 0 Å². The van der Waals surface area contributed by atoms with Crippen molar-refractivity contribution in [3.05, 3.63) is 41.0 Å². The first-order chi connectivity index (χ1) is 19.0. The highest BCUT2D eigenvalue weighted by Crippen LogP contribution is 2.37. The Morgan fingerprint density at radius 3 is 2.67 bits per heavy atom. The van der Waals surface area contributed by atoms with Gasteiger partial charge in [-0.25, -0.2) is 4.98 Å². The van der Waals surface area contributed by atoms with Crippen molar-refractivity contribution in [2.75, 3.05) is 50.6 Å². The zero-order valence-corrected chi connectivity index (χ0v) is 24.1. The van der Waals surface area contributed by atoms with Gasteiger partial charge in [-0.05, 0) is 74.6 Å². The largest absolute Gasteiger partial charge is 0.383 e. The van der Waals surface area contributed by atoms with Crippen LogP contribution in [0.5, 0.6) is 0 Å². The zero-order valence-electron chi connectivity index (χ0n) is 23.3. The van der Waals surface area contributed by atoms with E-state index in [1.165, 1.54) is 18.4 Å². The first kappa shape index (κ1) is 28.2. The van der Waals surface area contributed by atoms with Crippen molar-refractivity contribution in [1.82, 2.24) is 9.88 Å². The topological polar surface area (TPSA) is 82.4 Å². The molecule has 1 saturated carbocycles. The Hall–Kier alpha value is -2.37. The number of hydrogen-bond donors (Lipinski definition) is 2. The van der Waals surface area contributed by atoms with Crippen molar-refractivity contribution >= 4 is 23.1 Å². The summed E-state index contributed by atoms with van der Waals surface area (Å²) in [6.07, 6.45) is 10.4. The third-order valence-electron chi connectivity index (χ3n) is 9.05. The number of likely N-dealkylation sites (tertiary alicyclic amines) is 1. The van der Waals surface area contributed by atoms with Crippen LogP contribution in [0.3, 0.4) is 0 Å². The zero-order chi connectivity index (χ0) is 27.2. The number of pyridine rings is 1. The van der Waals surface area contributed by atoms with Gasteiger partial charge < -0.3 is 20.1 Å². The molecule has 1 unspecified atom stereocenters. The molecule has 3 heterocycles. The number of anilines is 2. The van der Waals surface area contributed by atoms with E-state index in [-0.39, 0.29) is 5.41 Å². The molecule has 0 amide bonds. The molecule has 2 saturated heterocycles. The van der Waals surface area contributed by atoms with Gasteiger partial charge in [0.15, 0.2) is 0 Å². The summed E-state index contributed by atoms with van der Waals surface area (Å²) in [5.41, 5.74) is 3.99. The molecule has 3 aliphatic rings. The van der Waals surface area contributed by atoms with Crippen molar-refractivity contribution < 1.29 is 9.47 Å². The number of halogens is 1. The lowest BCUT2D eigenvalue weighted by Crippen LogP contribution is -2.39. The summed E-state index contributed by atoms with van der Waals surface area (Å²) < 4.78 is 11.1. The van der Waals surface area contributed by atoms with E-state index in [2.05, 4.69) is 57.8 Å². The summed E-state index contributed by atoms with van der Waals surface area (Å²) >= 11 is 6.73. The number of hydrogen-bond acceptors (Lipinski definition) is 7. The molecule has 1 aromatic heterocycles. The number of methoxy groups -OCH3 is 1. The highest BCUT2D eigenvalue weighted by molar-refractivity contribution is 6.33. The van der Waals surface area contributed by atoms with Crippen molar-refractivity contribution in [2.24, 2.45) is 5.41 Å². The predicted octanol–water partition coefficient (Wildman–Crippen LogP) is 6.14. The van der Waals surface area contributed by atoms with E-state index in [1.807, 2.05) is 7.11 Å². The molecule has 210 valence electrons. The maximum atomic E-state index is 9.89. The smallest absolute Gasteiger partial charge is 0.126 e. The molecule has 5 rings (SSSR count). The maximum absolute atomic E-state index is 9.89. The Morgan fingerprint density at radius 2 is 1.97 bits per heavy atom. The Balaban J connectivity index is 1.26. The van der Waals surface area contributed by atoms with Crippen LogP contribution in [0.1, 0.15) is 57.4 Å². The number of nitrogens with zero attached hydrogens (tertiary/aromatic N) is 3. The first-order valence-electron chi connectivity index (χ1n) is 14.6. The van der Waals surface area contributed by atoms with E-state index >= 15 is 0 Å². The van der Waals surface area contributed by atoms with Crippen LogP contribution in [0.25, 0.3) is 11.1 Å². The molecule has 2 aromatic rings. The summed E-state index contributed by atoms with van der Waals surface area (Å²) in [7, 11) is 1.83. The molecule has 2 N–H and O–H groups in total. The van der Waals surface area contributed by atoms with E-state index in [0.29, 0.717) is 43.0 Å². The predicted molar refractivity (Wildman–Crippen MR) is 157 cm³/mol. The van der Waals surface area contributed by atoms with Gasteiger partial charge in [-0.1, -0.05) is 30.7 Å². The maximum Gasteiger partial charge on any atom is 0.126 e. The fourth-order valence-electron chi connectivity index (χ4n) is 6.54. The molecular formula is C31H42ClN5O2. The van der Waals surface area contributed by atoms with E-state index in [0.717, 1.165) is 74.2 Å². The van der Waals surface area contributed by atoms with Gasteiger partial charge in [0.25, 0.3) is 0 Å². The molecule has 7 nitrogen and oxygen atoms in total. The standard InChI is InChI=1S/C31H42ClN5O2/c1-3-25-26(5-4-6-29(25)35-21-31(20-33)12-15-39-16-13-31)27-17-30(34-18-28(27)32)36-22-7-9-23(10-8-22)37-14-11-24(19-37)38-2/h4-6,17-18,22-24,35H,3,7-16,19,21H2,1-2H3,(H,34,36). The number of nitrogens with one attached hydrogen (secondary N) is 2. The van der Waals surface area contributed by atoms with Gasteiger partial charge in [0.2, 0.25) is 0 Å². The Kier molecular flexibility index (Phi) is 9.29. The van der Waals surface area contributed by atoms with Gasteiger partial charge >= 0.3 is 0 Å². The second kappa shape index (κ2) is 12.9. The van der Waals surface area contributed by atoms with E-state index in [1.54, 1.807) is 6.20 Å². The molecule has 0 spiro atoms. The van der Waals surface area contributed by atoms with Crippen LogP contribution in [-0.4, -0.2) is 68.0 Å². The molecule has 1 aromatic carbocycles. The molecular weight excluding hydrogens is 510 g/mol. The molecule has 0 radical (unpaired) electrons. The average molecular weight is 552 g/mol. The van der Waals surface area contributed by atoms with Crippen molar-refractivity contribution in [3.8, 4) is 17.2 Å². The van der Waals surface area contributed by atoms with Crippen molar-refractivity contribution in [1.29, 1.82) is 5.26 Å². The molecule has 3 fully saturated rings. The summed E-state index contributed by atoms with van der Waals surface area (Å²) in [6.45, 7) is 6.30. The minimum absolute atomic E-state index is 0.385. The van der Waals surface area contributed by atoms with Gasteiger partial charge in [-0.2, -0.15) is 5.26 Å². The number of nitriles is 1. The number of rotatable bonds is 9. The minimum atomic E-state index is -0.385. The molecule has 2 aliphatic heterocycles. The van der Waals surface area contributed by atoms with Gasteiger partial charge in [-0.3, -0.25) is 4.90 Å². The molecule has 0 bridgehead atoms. The Morgan fingerprint density at radius 1 is 1.18 bits per heavy atom. The first-order valence-corrected chi connectivity index (χ1v) is 15.0. The van der Waals surface area contributed by atoms with Crippen LogP contribution in [0.15, 0.2) is 30.5 Å². The highest BCUT2D eigenvalue weighted by Gasteiger charge is 2.33. The third-order valence-corrected chi connectivity index (χ3v) is 9.36.